The quantitative estimate of drug-likeness (QED) is 0.222. The fourth-order valence-electron chi connectivity index (χ4n) is 6.33. The van der Waals surface area contributed by atoms with Crippen LogP contribution in [0.15, 0.2) is 34.9 Å². The molecule has 1 aliphatic heterocycles. The van der Waals surface area contributed by atoms with E-state index in [2.05, 4.69) is 15.0 Å². The summed E-state index contributed by atoms with van der Waals surface area (Å²) in [6.45, 7) is 2.78. The maximum Gasteiger partial charge on any atom is 0.335 e. The second-order valence-electron chi connectivity index (χ2n) is 11.1. The van der Waals surface area contributed by atoms with Gasteiger partial charge in [0.2, 0.25) is 0 Å². The lowest BCUT2D eigenvalue weighted by molar-refractivity contribution is 0.0696. The van der Waals surface area contributed by atoms with Crippen LogP contribution >= 0.6 is 34.5 Å². The van der Waals surface area contributed by atoms with Crippen molar-refractivity contribution in [2.24, 2.45) is 17.8 Å². The van der Waals surface area contributed by atoms with Gasteiger partial charge in [-0.3, -0.25) is 0 Å². The molecule has 208 valence electrons. The highest BCUT2D eigenvalue weighted by Crippen LogP contribution is 2.47. The predicted molar refractivity (Wildman–Crippen MR) is 152 cm³/mol. The number of fused-ring (bicyclic) bond motifs is 2. The van der Waals surface area contributed by atoms with E-state index in [-0.39, 0.29) is 11.1 Å². The third kappa shape index (κ3) is 4.76. The van der Waals surface area contributed by atoms with Crippen molar-refractivity contribution in [3.8, 4) is 11.3 Å². The van der Waals surface area contributed by atoms with Crippen LogP contribution in [0.2, 0.25) is 10.0 Å². The van der Waals surface area contributed by atoms with E-state index in [1.807, 2.05) is 6.07 Å². The molecule has 0 amide bonds. The molecule has 3 heterocycles. The number of carbonyl (C=O) groups is 1. The molecule has 0 spiro atoms. The molecular formula is C29H26Cl2FN3O4S. The monoisotopic (exact) mass is 601 g/mol. The summed E-state index contributed by atoms with van der Waals surface area (Å²) in [5, 5.41) is 15.4. The zero-order valence-corrected chi connectivity index (χ0v) is 23.7. The molecule has 3 aliphatic rings. The molecule has 2 aromatic heterocycles. The number of halogens is 3. The van der Waals surface area contributed by atoms with Gasteiger partial charge in [-0.05, 0) is 67.7 Å². The first-order valence-electron chi connectivity index (χ1n) is 13.4. The van der Waals surface area contributed by atoms with Crippen LogP contribution in [0.25, 0.3) is 21.5 Å². The van der Waals surface area contributed by atoms with Crippen molar-refractivity contribution in [3.63, 3.8) is 0 Å². The maximum absolute atomic E-state index is 14.5. The van der Waals surface area contributed by atoms with Crippen LogP contribution in [0.1, 0.15) is 53.3 Å². The molecule has 2 saturated carbocycles. The van der Waals surface area contributed by atoms with Crippen LogP contribution in [0.5, 0.6) is 0 Å². The SMILES string of the molecule is O=C(O)c1cc(F)c2nc(N3C[C@H]4C[C@H](COCc5c(-c6c(Cl)cccc6Cl)noc5C5CC5)C[C@H]4C3)sc2c1. The number of hydrogen-bond acceptors (Lipinski definition) is 7. The van der Waals surface area contributed by atoms with Gasteiger partial charge >= 0.3 is 5.97 Å². The molecule has 40 heavy (non-hydrogen) atoms. The van der Waals surface area contributed by atoms with E-state index in [9.17, 15) is 14.3 Å². The summed E-state index contributed by atoms with van der Waals surface area (Å²) < 4.78 is 27.1. The lowest BCUT2D eigenvalue weighted by atomic mass is 10.0. The smallest absolute Gasteiger partial charge is 0.335 e. The largest absolute Gasteiger partial charge is 0.478 e. The molecule has 1 N–H and O–H groups in total. The molecule has 7 nitrogen and oxygen atoms in total. The summed E-state index contributed by atoms with van der Waals surface area (Å²) >= 11 is 14.3. The zero-order valence-electron chi connectivity index (χ0n) is 21.4. The van der Waals surface area contributed by atoms with Crippen molar-refractivity contribution in [2.75, 3.05) is 24.6 Å². The molecule has 0 bridgehead atoms. The minimum atomic E-state index is -1.14. The number of hydrogen-bond donors (Lipinski definition) is 1. The Bertz CT molecular complexity index is 1590. The summed E-state index contributed by atoms with van der Waals surface area (Å²) in [6.07, 6.45) is 4.29. The highest BCUT2D eigenvalue weighted by atomic mass is 35.5. The van der Waals surface area contributed by atoms with Gasteiger partial charge in [-0.15, -0.1) is 0 Å². The number of aromatic nitrogens is 2. The maximum atomic E-state index is 14.5. The predicted octanol–water partition coefficient (Wildman–Crippen LogP) is 7.65. The van der Waals surface area contributed by atoms with Crippen LogP contribution in [0.3, 0.4) is 0 Å². The van der Waals surface area contributed by atoms with Gasteiger partial charge in [0.1, 0.15) is 17.0 Å². The van der Waals surface area contributed by atoms with Crippen molar-refractivity contribution in [1.29, 1.82) is 0 Å². The summed E-state index contributed by atoms with van der Waals surface area (Å²) in [5.74, 6) is 1.03. The van der Waals surface area contributed by atoms with Crippen LogP contribution in [-0.2, 0) is 11.3 Å². The average molecular weight is 603 g/mol. The van der Waals surface area contributed by atoms with Crippen LogP contribution < -0.4 is 4.90 Å². The number of anilines is 1. The average Bonchev–Trinajstić information content (AvgIpc) is 3.22. The van der Waals surface area contributed by atoms with Gasteiger partial charge in [-0.2, -0.15) is 0 Å². The molecule has 0 radical (unpaired) electrons. The summed E-state index contributed by atoms with van der Waals surface area (Å²) in [4.78, 5) is 18.0. The third-order valence-corrected chi connectivity index (χ3v) is 10.1. The Kier molecular flexibility index (Phi) is 6.73. The molecule has 2 aromatic carbocycles. The van der Waals surface area contributed by atoms with E-state index < -0.39 is 11.8 Å². The molecule has 0 unspecified atom stereocenters. The number of ether oxygens (including phenoxy) is 1. The Balaban J connectivity index is 0.994. The standard InChI is InChI=1S/C29H26Cl2FN3O4S/c30-20-2-1-3-21(31)24(20)25-19(27(39-34-25)15-4-5-15)13-38-12-14-6-17-10-35(11-18(17)7-14)29-33-26-22(32)8-16(28(36)37)9-23(26)40-29/h1-3,8-9,14-15,17-18H,4-7,10-13H2,(H,36,37)/t14-,17+,18-. The molecule has 3 atom stereocenters. The number of aromatic carboxylic acids is 1. The Morgan fingerprint density at radius 2 is 1.90 bits per heavy atom. The van der Waals surface area contributed by atoms with Crippen molar-refractivity contribution >= 4 is 55.9 Å². The summed E-state index contributed by atoms with van der Waals surface area (Å²) in [5.41, 5.74) is 2.48. The molecule has 11 heteroatoms. The van der Waals surface area contributed by atoms with E-state index in [0.717, 1.165) is 61.3 Å². The highest BCUT2D eigenvalue weighted by molar-refractivity contribution is 7.22. The van der Waals surface area contributed by atoms with Crippen molar-refractivity contribution in [2.45, 2.75) is 38.2 Å². The Morgan fingerprint density at radius 1 is 1.18 bits per heavy atom. The van der Waals surface area contributed by atoms with Crippen LogP contribution in [-0.4, -0.2) is 40.9 Å². The number of benzene rings is 2. The first kappa shape index (κ1) is 26.2. The summed E-state index contributed by atoms with van der Waals surface area (Å²) in [6, 6.07) is 7.96. The van der Waals surface area contributed by atoms with Gasteiger partial charge in [-0.25, -0.2) is 14.2 Å². The molecule has 1 saturated heterocycles. The van der Waals surface area contributed by atoms with E-state index in [0.29, 0.717) is 62.9 Å². The number of carboxylic acid groups (broad SMARTS) is 1. The second-order valence-corrected chi connectivity index (χ2v) is 13.0. The lowest BCUT2D eigenvalue weighted by Crippen LogP contribution is -2.22. The lowest BCUT2D eigenvalue weighted by Gasteiger charge is -2.18. The normalized spacial score (nSPS) is 22.4. The second kappa shape index (κ2) is 10.3. The highest BCUT2D eigenvalue weighted by Gasteiger charge is 2.42. The van der Waals surface area contributed by atoms with E-state index in [4.69, 9.17) is 32.5 Å². The van der Waals surface area contributed by atoms with Gasteiger partial charge in [-0.1, -0.05) is 45.8 Å². The number of thiazole rings is 1. The topological polar surface area (TPSA) is 88.7 Å². The molecule has 3 fully saturated rings. The Morgan fingerprint density at radius 3 is 2.58 bits per heavy atom. The van der Waals surface area contributed by atoms with E-state index >= 15 is 0 Å². The third-order valence-electron chi connectivity index (χ3n) is 8.37. The Labute approximate surface area is 243 Å². The molecule has 4 aromatic rings. The fraction of sp³-hybridized carbons (Fsp3) is 0.414. The van der Waals surface area contributed by atoms with Gasteiger partial charge in [0.05, 0.1) is 26.9 Å². The molecule has 7 rings (SSSR count). The number of carboxylic acids is 1. The first-order valence-corrected chi connectivity index (χ1v) is 15.0. The zero-order chi connectivity index (χ0) is 27.5. The molecular weight excluding hydrogens is 576 g/mol. The fourth-order valence-corrected chi connectivity index (χ4v) is 7.94. The van der Waals surface area contributed by atoms with Crippen molar-refractivity contribution in [3.05, 3.63) is 63.1 Å². The first-order chi connectivity index (χ1) is 19.4. The van der Waals surface area contributed by atoms with Gasteiger partial charge in [0.25, 0.3) is 0 Å². The minimum absolute atomic E-state index is 0.0566. The van der Waals surface area contributed by atoms with E-state index in [1.165, 1.54) is 17.4 Å². The van der Waals surface area contributed by atoms with Crippen LogP contribution in [0, 0.1) is 23.6 Å². The van der Waals surface area contributed by atoms with Crippen LogP contribution in [0.4, 0.5) is 9.52 Å². The minimum Gasteiger partial charge on any atom is -0.478 e. The van der Waals surface area contributed by atoms with E-state index in [1.54, 1.807) is 12.1 Å². The number of rotatable bonds is 8. The number of nitrogens with zero attached hydrogens (tertiary/aromatic N) is 3. The van der Waals surface area contributed by atoms with Gasteiger partial charge in [0, 0.05) is 36.7 Å². The van der Waals surface area contributed by atoms with Crippen molar-refractivity contribution < 1.29 is 23.6 Å². The van der Waals surface area contributed by atoms with Gasteiger partial charge < -0.3 is 19.3 Å². The molecule has 2 aliphatic carbocycles. The Hall–Kier alpha value is -2.72. The van der Waals surface area contributed by atoms with Crippen molar-refractivity contribution in [1.82, 2.24) is 10.1 Å². The summed E-state index contributed by atoms with van der Waals surface area (Å²) in [7, 11) is 0. The van der Waals surface area contributed by atoms with Gasteiger partial charge in [0.15, 0.2) is 10.9 Å².